The van der Waals surface area contributed by atoms with Gasteiger partial charge in [-0.25, -0.2) is 4.98 Å². The monoisotopic (exact) mass is 382 g/mol. The lowest BCUT2D eigenvalue weighted by Gasteiger charge is -2.32. The molecule has 0 saturated carbocycles. The van der Waals surface area contributed by atoms with Crippen LogP contribution in [0.1, 0.15) is 34.3 Å². The molecular formula is C19H18ClF3N2O. The van der Waals surface area contributed by atoms with Crippen LogP contribution in [0.2, 0.25) is 5.02 Å². The third-order valence-corrected chi connectivity index (χ3v) is 4.93. The van der Waals surface area contributed by atoms with Gasteiger partial charge < -0.3 is 4.90 Å². The highest BCUT2D eigenvalue weighted by Crippen LogP contribution is 2.35. The summed E-state index contributed by atoms with van der Waals surface area (Å²) in [5, 5.41) is -0.0249. The van der Waals surface area contributed by atoms with Crippen LogP contribution in [0.25, 0.3) is 0 Å². The van der Waals surface area contributed by atoms with Crippen molar-refractivity contribution in [2.24, 2.45) is 5.92 Å². The summed E-state index contributed by atoms with van der Waals surface area (Å²) >= 11 is 6.01. The van der Waals surface area contributed by atoms with Gasteiger partial charge in [0.05, 0.1) is 10.6 Å². The lowest BCUT2D eigenvalue weighted by Crippen LogP contribution is -2.37. The van der Waals surface area contributed by atoms with E-state index < -0.39 is 11.7 Å². The first-order chi connectivity index (χ1) is 12.3. The summed E-state index contributed by atoms with van der Waals surface area (Å²) in [6.07, 6.45) is -2.44. The fraction of sp³-hybridized carbons (Fsp3) is 0.368. The van der Waals surface area contributed by atoms with Crippen LogP contribution >= 0.6 is 11.6 Å². The zero-order chi connectivity index (χ0) is 18.9. The Morgan fingerprint density at radius 2 is 1.81 bits per heavy atom. The van der Waals surface area contributed by atoms with Crippen LogP contribution in [0, 0.1) is 12.8 Å². The molecule has 2 aromatic rings. The van der Waals surface area contributed by atoms with Gasteiger partial charge in [0.2, 0.25) is 0 Å². The summed E-state index contributed by atoms with van der Waals surface area (Å²) < 4.78 is 38.2. The van der Waals surface area contributed by atoms with Crippen molar-refractivity contribution >= 4 is 23.2 Å². The van der Waals surface area contributed by atoms with Gasteiger partial charge in [-0.05, 0) is 25.8 Å². The lowest BCUT2D eigenvalue weighted by atomic mass is 9.88. The van der Waals surface area contributed by atoms with Crippen LogP contribution in [0.4, 0.5) is 19.0 Å². The normalized spacial score (nSPS) is 16.0. The summed E-state index contributed by atoms with van der Waals surface area (Å²) in [7, 11) is 0. The Labute approximate surface area is 154 Å². The number of carbonyl (C=O) groups excluding carboxylic acids is 1. The van der Waals surface area contributed by atoms with E-state index in [1.807, 2.05) is 36.1 Å². The number of hydrogen-bond donors (Lipinski definition) is 0. The number of nitrogens with zero attached hydrogens (tertiary/aromatic N) is 2. The molecule has 1 aliphatic heterocycles. The van der Waals surface area contributed by atoms with E-state index in [-0.39, 0.29) is 16.7 Å². The fourth-order valence-corrected chi connectivity index (χ4v) is 3.41. The maximum atomic E-state index is 12.7. The number of alkyl halides is 3. The van der Waals surface area contributed by atoms with E-state index in [9.17, 15) is 18.0 Å². The Kier molecular flexibility index (Phi) is 5.23. The second-order valence-electron chi connectivity index (χ2n) is 6.52. The van der Waals surface area contributed by atoms with Crippen molar-refractivity contribution < 1.29 is 18.0 Å². The average molecular weight is 383 g/mol. The fourth-order valence-electron chi connectivity index (χ4n) is 3.13. The summed E-state index contributed by atoms with van der Waals surface area (Å²) in [5.41, 5.74) is 0.926. The molecule has 26 heavy (non-hydrogen) atoms. The van der Waals surface area contributed by atoms with Crippen molar-refractivity contribution in [2.45, 2.75) is 25.9 Å². The van der Waals surface area contributed by atoms with Crippen molar-refractivity contribution in [3.63, 3.8) is 0 Å². The highest BCUT2D eigenvalue weighted by Gasteiger charge is 2.33. The zero-order valence-corrected chi connectivity index (χ0v) is 14.9. The number of anilines is 1. The van der Waals surface area contributed by atoms with Gasteiger partial charge in [-0.1, -0.05) is 41.4 Å². The van der Waals surface area contributed by atoms with Gasteiger partial charge in [-0.15, -0.1) is 0 Å². The molecule has 1 aromatic carbocycles. The molecule has 0 bridgehead atoms. The summed E-state index contributed by atoms with van der Waals surface area (Å²) in [6, 6.07) is 8.38. The third kappa shape index (κ3) is 4.01. The number of benzene rings is 1. The lowest BCUT2D eigenvalue weighted by molar-refractivity contribution is -0.137. The number of pyridine rings is 1. The first-order valence-corrected chi connectivity index (χ1v) is 8.72. The van der Waals surface area contributed by atoms with E-state index in [0.29, 0.717) is 37.3 Å². The summed E-state index contributed by atoms with van der Waals surface area (Å²) in [6.45, 7) is 3.02. The highest BCUT2D eigenvalue weighted by molar-refractivity contribution is 6.33. The van der Waals surface area contributed by atoms with Crippen LogP contribution < -0.4 is 4.90 Å². The molecule has 7 heteroatoms. The van der Waals surface area contributed by atoms with Gasteiger partial charge in [-0.2, -0.15) is 13.2 Å². The van der Waals surface area contributed by atoms with Gasteiger partial charge in [0.15, 0.2) is 5.78 Å². The third-order valence-electron chi connectivity index (χ3n) is 4.65. The van der Waals surface area contributed by atoms with Gasteiger partial charge >= 0.3 is 6.18 Å². The zero-order valence-electron chi connectivity index (χ0n) is 14.2. The Morgan fingerprint density at radius 3 is 2.35 bits per heavy atom. The van der Waals surface area contributed by atoms with E-state index in [1.165, 1.54) is 0 Å². The van der Waals surface area contributed by atoms with E-state index in [2.05, 4.69) is 4.98 Å². The second-order valence-corrected chi connectivity index (χ2v) is 6.93. The maximum absolute atomic E-state index is 12.7. The van der Waals surface area contributed by atoms with E-state index in [0.717, 1.165) is 17.8 Å². The molecule has 3 rings (SSSR count). The van der Waals surface area contributed by atoms with Crippen LogP contribution in [-0.4, -0.2) is 23.9 Å². The molecule has 0 spiro atoms. The molecule has 0 amide bonds. The Morgan fingerprint density at radius 1 is 1.19 bits per heavy atom. The summed E-state index contributed by atoms with van der Waals surface area (Å²) in [4.78, 5) is 18.3. The van der Waals surface area contributed by atoms with Crippen molar-refractivity contribution in [3.8, 4) is 0 Å². The van der Waals surface area contributed by atoms with Crippen LogP contribution in [0.5, 0.6) is 0 Å². The van der Waals surface area contributed by atoms with Gasteiger partial charge in [0, 0.05) is 30.8 Å². The number of piperidine rings is 1. The minimum absolute atomic E-state index is 0.0249. The number of rotatable bonds is 3. The molecule has 0 atom stereocenters. The second kappa shape index (κ2) is 7.27. The first-order valence-electron chi connectivity index (χ1n) is 8.34. The van der Waals surface area contributed by atoms with Crippen molar-refractivity contribution in [1.82, 2.24) is 4.98 Å². The SMILES string of the molecule is Cc1ccc(C(=O)C2CCN(c3ncc(C(F)(F)F)cc3Cl)CC2)cc1. The summed E-state index contributed by atoms with van der Waals surface area (Å²) in [5.74, 6) is 0.346. The van der Waals surface area contributed by atoms with Crippen molar-refractivity contribution in [3.05, 3.63) is 58.2 Å². The minimum Gasteiger partial charge on any atom is -0.355 e. The molecule has 0 aliphatic carbocycles. The first kappa shape index (κ1) is 18.7. The molecule has 0 radical (unpaired) electrons. The highest BCUT2D eigenvalue weighted by atomic mass is 35.5. The molecular weight excluding hydrogens is 365 g/mol. The Hall–Kier alpha value is -2.08. The molecule has 0 N–H and O–H groups in total. The Balaban J connectivity index is 1.67. The molecule has 138 valence electrons. The number of halogens is 4. The molecule has 1 saturated heterocycles. The average Bonchev–Trinajstić information content (AvgIpc) is 2.61. The van der Waals surface area contributed by atoms with Crippen LogP contribution in [0.3, 0.4) is 0 Å². The predicted molar refractivity (Wildman–Crippen MR) is 94.7 cm³/mol. The van der Waals surface area contributed by atoms with Crippen LogP contribution in [0.15, 0.2) is 36.5 Å². The predicted octanol–water partition coefficient (Wildman–Crippen LogP) is 5.16. The maximum Gasteiger partial charge on any atom is 0.417 e. The number of Topliss-reactive ketones (excluding diaryl/α,β-unsaturated/α-hetero) is 1. The van der Waals surface area contributed by atoms with E-state index in [4.69, 9.17) is 11.6 Å². The van der Waals surface area contributed by atoms with Gasteiger partial charge in [0.1, 0.15) is 5.82 Å². The number of hydrogen-bond acceptors (Lipinski definition) is 3. The quantitative estimate of drug-likeness (QED) is 0.687. The van der Waals surface area contributed by atoms with E-state index >= 15 is 0 Å². The Bertz CT molecular complexity index is 797. The molecule has 2 heterocycles. The smallest absolute Gasteiger partial charge is 0.355 e. The van der Waals surface area contributed by atoms with E-state index in [1.54, 1.807) is 0 Å². The van der Waals surface area contributed by atoms with Gasteiger partial charge in [0.25, 0.3) is 0 Å². The number of aromatic nitrogens is 1. The van der Waals surface area contributed by atoms with Crippen molar-refractivity contribution in [2.75, 3.05) is 18.0 Å². The number of aryl methyl sites for hydroxylation is 1. The molecule has 0 unspecified atom stereocenters. The molecule has 1 fully saturated rings. The number of carbonyl (C=O) groups is 1. The van der Waals surface area contributed by atoms with Crippen LogP contribution in [-0.2, 0) is 6.18 Å². The molecule has 1 aliphatic rings. The number of ketones is 1. The standard InChI is InChI=1S/C19H18ClF3N2O/c1-12-2-4-13(5-3-12)17(26)14-6-8-25(9-7-14)18-16(20)10-15(11-24-18)19(21,22)23/h2-5,10-11,14H,6-9H2,1H3. The topological polar surface area (TPSA) is 33.2 Å². The largest absolute Gasteiger partial charge is 0.417 e. The minimum atomic E-state index is -4.47. The van der Waals surface area contributed by atoms with Crippen molar-refractivity contribution in [1.29, 1.82) is 0 Å². The molecule has 3 nitrogen and oxygen atoms in total. The molecule has 1 aromatic heterocycles. The van der Waals surface area contributed by atoms with Gasteiger partial charge in [-0.3, -0.25) is 4.79 Å².